The van der Waals surface area contributed by atoms with E-state index in [0.717, 1.165) is 17.7 Å². The van der Waals surface area contributed by atoms with Gasteiger partial charge in [-0.05, 0) is 42.5 Å². The zero-order chi connectivity index (χ0) is 17.2. The van der Waals surface area contributed by atoms with Crippen molar-refractivity contribution in [2.45, 2.75) is 18.8 Å². The van der Waals surface area contributed by atoms with Crippen molar-refractivity contribution in [3.8, 4) is 10.7 Å². The molecule has 1 aliphatic rings. The Morgan fingerprint density at radius 2 is 2.24 bits per heavy atom. The SMILES string of the molecule is O=C(c1cccc(F)c1)N1CCC[C@H](c2nc(-c3cccs3)no2)C1. The molecule has 7 heteroatoms. The molecule has 1 aromatic carbocycles. The number of carbonyl (C=O) groups is 1. The highest BCUT2D eigenvalue weighted by Crippen LogP contribution is 2.29. The number of benzene rings is 1. The first-order chi connectivity index (χ1) is 12.2. The van der Waals surface area contributed by atoms with E-state index >= 15 is 0 Å². The maximum absolute atomic E-state index is 13.4. The maximum Gasteiger partial charge on any atom is 0.253 e. The zero-order valence-corrected chi connectivity index (χ0v) is 14.2. The Morgan fingerprint density at radius 1 is 1.32 bits per heavy atom. The van der Waals surface area contributed by atoms with Crippen LogP contribution >= 0.6 is 11.3 Å². The van der Waals surface area contributed by atoms with Crippen molar-refractivity contribution in [3.63, 3.8) is 0 Å². The van der Waals surface area contributed by atoms with Crippen molar-refractivity contribution in [3.05, 3.63) is 59.0 Å². The fraction of sp³-hybridized carbons (Fsp3) is 0.278. The average Bonchev–Trinajstić information content (AvgIpc) is 3.32. The molecule has 1 amide bonds. The van der Waals surface area contributed by atoms with Crippen molar-refractivity contribution in [2.24, 2.45) is 0 Å². The van der Waals surface area contributed by atoms with E-state index in [-0.39, 0.29) is 11.8 Å². The van der Waals surface area contributed by atoms with E-state index in [4.69, 9.17) is 4.52 Å². The lowest BCUT2D eigenvalue weighted by Crippen LogP contribution is -2.39. The number of thiophene rings is 1. The molecule has 0 N–H and O–H groups in total. The predicted octanol–water partition coefficient (Wildman–Crippen LogP) is 3.96. The van der Waals surface area contributed by atoms with Gasteiger partial charge in [0.1, 0.15) is 5.82 Å². The Kier molecular flexibility index (Phi) is 4.31. The van der Waals surface area contributed by atoms with Crippen LogP contribution in [0.3, 0.4) is 0 Å². The molecule has 0 saturated carbocycles. The van der Waals surface area contributed by atoms with Crippen molar-refractivity contribution >= 4 is 17.2 Å². The summed E-state index contributed by atoms with van der Waals surface area (Å²) in [4.78, 5) is 19.8. The van der Waals surface area contributed by atoms with Crippen LogP contribution in [0.2, 0.25) is 0 Å². The van der Waals surface area contributed by atoms with E-state index in [1.807, 2.05) is 17.5 Å². The first kappa shape index (κ1) is 16.0. The summed E-state index contributed by atoms with van der Waals surface area (Å²) in [6, 6.07) is 9.68. The third-order valence-electron chi connectivity index (χ3n) is 4.31. The summed E-state index contributed by atoms with van der Waals surface area (Å²) in [5.74, 6) is 0.574. The highest BCUT2D eigenvalue weighted by molar-refractivity contribution is 7.13. The molecule has 1 atom stereocenters. The Labute approximate surface area is 148 Å². The highest BCUT2D eigenvalue weighted by atomic mass is 32.1. The second-order valence-corrected chi connectivity index (χ2v) is 6.98. The van der Waals surface area contributed by atoms with E-state index in [1.165, 1.54) is 12.1 Å². The van der Waals surface area contributed by atoms with Crippen molar-refractivity contribution in [1.29, 1.82) is 0 Å². The van der Waals surface area contributed by atoms with Gasteiger partial charge in [0, 0.05) is 18.7 Å². The molecule has 1 saturated heterocycles. The third kappa shape index (κ3) is 3.32. The quantitative estimate of drug-likeness (QED) is 0.712. The van der Waals surface area contributed by atoms with Crippen LogP contribution in [0.4, 0.5) is 4.39 Å². The van der Waals surface area contributed by atoms with Gasteiger partial charge in [0.05, 0.1) is 10.8 Å². The molecule has 1 aliphatic heterocycles. The topological polar surface area (TPSA) is 59.2 Å². The molecule has 0 bridgehead atoms. The van der Waals surface area contributed by atoms with Crippen LogP contribution in [-0.2, 0) is 0 Å². The monoisotopic (exact) mass is 357 g/mol. The first-order valence-electron chi connectivity index (χ1n) is 8.13. The fourth-order valence-corrected chi connectivity index (χ4v) is 3.72. The number of amides is 1. The Balaban J connectivity index is 1.50. The molecule has 0 unspecified atom stereocenters. The summed E-state index contributed by atoms with van der Waals surface area (Å²) >= 11 is 1.56. The smallest absolute Gasteiger partial charge is 0.253 e. The Bertz CT molecular complexity index is 878. The minimum absolute atomic E-state index is 0.00692. The van der Waals surface area contributed by atoms with Crippen molar-refractivity contribution in [1.82, 2.24) is 15.0 Å². The van der Waals surface area contributed by atoms with Gasteiger partial charge in [-0.3, -0.25) is 4.79 Å². The number of piperidine rings is 1. The Hall–Kier alpha value is -2.54. The zero-order valence-electron chi connectivity index (χ0n) is 13.4. The molecule has 5 nitrogen and oxygen atoms in total. The molecule has 3 heterocycles. The van der Waals surface area contributed by atoms with Gasteiger partial charge in [-0.25, -0.2) is 4.39 Å². The van der Waals surface area contributed by atoms with Gasteiger partial charge in [-0.1, -0.05) is 17.3 Å². The molecule has 0 aliphatic carbocycles. The fourth-order valence-electron chi connectivity index (χ4n) is 3.07. The molecule has 0 spiro atoms. The van der Waals surface area contributed by atoms with Gasteiger partial charge in [-0.2, -0.15) is 4.98 Å². The minimum Gasteiger partial charge on any atom is -0.339 e. The predicted molar refractivity (Wildman–Crippen MR) is 91.9 cm³/mol. The van der Waals surface area contributed by atoms with E-state index in [0.29, 0.717) is 30.4 Å². The highest BCUT2D eigenvalue weighted by Gasteiger charge is 2.29. The maximum atomic E-state index is 13.4. The molecule has 4 rings (SSSR count). The number of nitrogens with zero attached hydrogens (tertiary/aromatic N) is 3. The summed E-state index contributed by atoms with van der Waals surface area (Å²) in [6.45, 7) is 1.15. The van der Waals surface area contributed by atoms with Gasteiger partial charge in [0.2, 0.25) is 11.7 Å². The van der Waals surface area contributed by atoms with Crippen LogP contribution < -0.4 is 0 Å². The summed E-state index contributed by atoms with van der Waals surface area (Å²) in [5.41, 5.74) is 0.366. The largest absolute Gasteiger partial charge is 0.339 e. The molecule has 0 radical (unpaired) electrons. The molecule has 25 heavy (non-hydrogen) atoms. The lowest BCUT2D eigenvalue weighted by Gasteiger charge is -2.31. The summed E-state index contributed by atoms with van der Waals surface area (Å²) in [5, 5.41) is 6.01. The van der Waals surface area contributed by atoms with Crippen LogP contribution in [0.25, 0.3) is 10.7 Å². The third-order valence-corrected chi connectivity index (χ3v) is 5.18. The summed E-state index contributed by atoms with van der Waals surface area (Å²) in [7, 11) is 0. The molecular formula is C18H16FN3O2S. The van der Waals surface area contributed by atoms with Gasteiger partial charge in [-0.15, -0.1) is 11.3 Å². The number of hydrogen-bond acceptors (Lipinski definition) is 5. The molecule has 3 aromatic rings. The van der Waals surface area contributed by atoms with Crippen LogP contribution in [0.1, 0.15) is 35.0 Å². The number of carbonyl (C=O) groups excluding carboxylic acids is 1. The van der Waals surface area contributed by atoms with Gasteiger partial charge in [0.25, 0.3) is 5.91 Å². The van der Waals surface area contributed by atoms with Crippen LogP contribution in [0.15, 0.2) is 46.3 Å². The van der Waals surface area contributed by atoms with E-state index < -0.39 is 5.82 Å². The average molecular weight is 357 g/mol. The lowest BCUT2D eigenvalue weighted by atomic mass is 9.97. The molecular weight excluding hydrogens is 341 g/mol. The summed E-state index contributed by atoms with van der Waals surface area (Å²) < 4.78 is 18.8. The lowest BCUT2D eigenvalue weighted by molar-refractivity contribution is 0.0695. The van der Waals surface area contributed by atoms with Crippen LogP contribution in [0, 0.1) is 5.82 Å². The summed E-state index contributed by atoms with van der Waals surface area (Å²) in [6.07, 6.45) is 1.74. The molecule has 128 valence electrons. The molecule has 2 aromatic heterocycles. The van der Waals surface area contributed by atoms with Crippen molar-refractivity contribution < 1.29 is 13.7 Å². The standard InChI is InChI=1S/C18H16FN3O2S/c19-14-6-1-4-12(10-14)18(23)22-8-2-5-13(11-22)17-20-16(21-24-17)15-7-3-9-25-15/h1,3-4,6-7,9-10,13H,2,5,8,11H2/t13-/m0/s1. The van der Waals surface area contributed by atoms with E-state index in [9.17, 15) is 9.18 Å². The van der Waals surface area contributed by atoms with Crippen molar-refractivity contribution in [2.75, 3.05) is 13.1 Å². The normalized spacial score (nSPS) is 17.6. The number of hydrogen-bond donors (Lipinski definition) is 0. The minimum atomic E-state index is -0.406. The number of likely N-dealkylation sites (tertiary alicyclic amines) is 1. The van der Waals surface area contributed by atoms with Crippen LogP contribution in [0.5, 0.6) is 0 Å². The Morgan fingerprint density at radius 3 is 3.04 bits per heavy atom. The van der Waals surface area contributed by atoms with Gasteiger partial charge in [0.15, 0.2) is 0 Å². The first-order valence-corrected chi connectivity index (χ1v) is 9.01. The van der Waals surface area contributed by atoms with Gasteiger partial charge < -0.3 is 9.42 Å². The number of halogens is 1. The van der Waals surface area contributed by atoms with Crippen LogP contribution in [-0.4, -0.2) is 34.0 Å². The second-order valence-electron chi connectivity index (χ2n) is 6.03. The molecule has 1 fully saturated rings. The second kappa shape index (κ2) is 6.76. The van der Waals surface area contributed by atoms with Gasteiger partial charge >= 0.3 is 0 Å². The number of rotatable bonds is 3. The number of aromatic nitrogens is 2. The van der Waals surface area contributed by atoms with E-state index in [2.05, 4.69) is 10.1 Å². The van der Waals surface area contributed by atoms with E-state index in [1.54, 1.807) is 28.4 Å².